The minimum absolute atomic E-state index is 0.779. The van der Waals surface area contributed by atoms with Crippen LogP contribution in [-0.4, -0.2) is 4.98 Å². The molecule has 2 heterocycles. The molecule has 0 amide bonds. The van der Waals surface area contributed by atoms with E-state index in [1.165, 1.54) is 22.4 Å². The smallest absolute Gasteiger partial charge is 0.0417 e. The number of fused-ring (bicyclic) bond motifs is 1. The Labute approximate surface area is 131 Å². The number of allylic oxidation sites excluding steroid dienone is 2. The zero-order valence-corrected chi connectivity index (χ0v) is 12.7. The summed E-state index contributed by atoms with van der Waals surface area (Å²) in [5.74, 6) is 0. The summed E-state index contributed by atoms with van der Waals surface area (Å²) in [5, 5.41) is 6.76. The van der Waals surface area contributed by atoms with Gasteiger partial charge in [0.25, 0.3) is 0 Å². The van der Waals surface area contributed by atoms with Gasteiger partial charge in [0.15, 0.2) is 0 Å². The van der Waals surface area contributed by atoms with Crippen LogP contribution in [0.3, 0.4) is 0 Å². The zero-order chi connectivity index (χ0) is 15.4. The maximum atomic E-state index is 4.13. The normalized spacial score (nSPS) is 13.2. The average Bonchev–Trinajstić information content (AvgIpc) is 2.53. The van der Waals surface area contributed by atoms with Gasteiger partial charge in [-0.05, 0) is 47.7 Å². The SMILES string of the molecule is C=C(Cc1ccc2c(c1)NC(=C)CC2)NCc1ccncc1. The third-order valence-corrected chi connectivity index (χ3v) is 3.89. The van der Waals surface area contributed by atoms with Gasteiger partial charge < -0.3 is 10.6 Å². The largest absolute Gasteiger partial charge is 0.384 e. The Hall–Kier alpha value is -2.55. The van der Waals surface area contributed by atoms with Crippen molar-refractivity contribution in [3.8, 4) is 0 Å². The molecule has 1 aromatic carbocycles. The number of pyridine rings is 1. The first-order valence-electron chi connectivity index (χ1n) is 7.58. The second-order valence-electron chi connectivity index (χ2n) is 5.71. The average molecular weight is 291 g/mol. The number of nitrogens with zero attached hydrogens (tertiary/aromatic N) is 1. The van der Waals surface area contributed by atoms with Crippen molar-refractivity contribution in [1.82, 2.24) is 10.3 Å². The van der Waals surface area contributed by atoms with E-state index in [2.05, 4.69) is 47.0 Å². The van der Waals surface area contributed by atoms with Gasteiger partial charge in [0.05, 0.1) is 0 Å². The number of benzene rings is 1. The molecule has 0 saturated carbocycles. The second-order valence-corrected chi connectivity index (χ2v) is 5.71. The summed E-state index contributed by atoms with van der Waals surface area (Å²) in [6.45, 7) is 8.93. The van der Waals surface area contributed by atoms with Crippen molar-refractivity contribution in [1.29, 1.82) is 0 Å². The lowest BCUT2D eigenvalue weighted by atomic mass is 9.98. The van der Waals surface area contributed by atoms with Gasteiger partial charge in [-0.1, -0.05) is 25.3 Å². The van der Waals surface area contributed by atoms with Gasteiger partial charge in [-0.3, -0.25) is 4.98 Å². The number of anilines is 1. The van der Waals surface area contributed by atoms with Crippen molar-refractivity contribution in [2.75, 3.05) is 5.32 Å². The Morgan fingerprint density at radius 1 is 1.14 bits per heavy atom. The highest BCUT2D eigenvalue weighted by atomic mass is 14.9. The summed E-state index contributed by atoms with van der Waals surface area (Å²) >= 11 is 0. The summed E-state index contributed by atoms with van der Waals surface area (Å²) in [5.41, 5.74) is 7.14. The molecule has 0 saturated heterocycles. The van der Waals surface area contributed by atoms with E-state index in [0.717, 1.165) is 37.2 Å². The molecule has 0 aliphatic carbocycles. The van der Waals surface area contributed by atoms with E-state index in [9.17, 15) is 0 Å². The highest BCUT2D eigenvalue weighted by Crippen LogP contribution is 2.27. The number of rotatable bonds is 5. The lowest BCUT2D eigenvalue weighted by Gasteiger charge is -2.21. The van der Waals surface area contributed by atoms with Gasteiger partial charge in [-0.2, -0.15) is 0 Å². The Bertz CT molecular complexity index is 689. The minimum atomic E-state index is 0.779. The Kier molecular flexibility index (Phi) is 4.24. The monoisotopic (exact) mass is 291 g/mol. The standard InChI is InChI=1S/C19H21N3/c1-14-3-5-18-6-4-17(12-19(18)22-14)11-15(2)21-13-16-7-9-20-10-8-16/h4,6-10,12,21-22H,1-3,5,11,13H2. The molecule has 3 rings (SSSR count). The summed E-state index contributed by atoms with van der Waals surface area (Å²) in [7, 11) is 0. The van der Waals surface area contributed by atoms with E-state index in [0.29, 0.717) is 0 Å². The van der Waals surface area contributed by atoms with E-state index >= 15 is 0 Å². The molecular weight excluding hydrogens is 270 g/mol. The van der Waals surface area contributed by atoms with E-state index in [-0.39, 0.29) is 0 Å². The molecule has 1 aromatic heterocycles. The van der Waals surface area contributed by atoms with Gasteiger partial charge in [0.1, 0.15) is 0 Å². The van der Waals surface area contributed by atoms with Crippen molar-refractivity contribution < 1.29 is 0 Å². The van der Waals surface area contributed by atoms with Crippen LogP contribution in [-0.2, 0) is 19.4 Å². The fourth-order valence-corrected chi connectivity index (χ4v) is 2.64. The van der Waals surface area contributed by atoms with Crippen LogP contribution in [0.15, 0.2) is 67.3 Å². The maximum Gasteiger partial charge on any atom is 0.0417 e. The minimum Gasteiger partial charge on any atom is -0.384 e. The van der Waals surface area contributed by atoms with E-state index in [1.807, 2.05) is 24.5 Å². The van der Waals surface area contributed by atoms with E-state index in [4.69, 9.17) is 0 Å². The molecular formula is C19H21N3. The molecule has 0 atom stereocenters. The number of aromatic nitrogens is 1. The summed E-state index contributed by atoms with van der Waals surface area (Å²) < 4.78 is 0. The summed E-state index contributed by atoms with van der Waals surface area (Å²) in [6.07, 6.45) is 6.53. The predicted octanol–water partition coefficient (Wildman–Crippen LogP) is 3.80. The number of hydrogen-bond donors (Lipinski definition) is 2. The van der Waals surface area contributed by atoms with Gasteiger partial charge in [0.2, 0.25) is 0 Å². The molecule has 2 N–H and O–H groups in total. The van der Waals surface area contributed by atoms with Crippen LogP contribution >= 0.6 is 0 Å². The Morgan fingerprint density at radius 3 is 2.77 bits per heavy atom. The van der Waals surface area contributed by atoms with E-state index < -0.39 is 0 Å². The summed E-state index contributed by atoms with van der Waals surface area (Å²) in [4.78, 5) is 4.02. The van der Waals surface area contributed by atoms with Crippen molar-refractivity contribution in [3.63, 3.8) is 0 Å². The van der Waals surface area contributed by atoms with Gasteiger partial charge in [-0.25, -0.2) is 0 Å². The maximum absolute atomic E-state index is 4.13. The van der Waals surface area contributed by atoms with Gasteiger partial charge >= 0.3 is 0 Å². The molecule has 0 fully saturated rings. The molecule has 3 nitrogen and oxygen atoms in total. The lowest BCUT2D eigenvalue weighted by molar-refractivity contribution is 0.784. The molecule has 22 heavy (non-hydrogen) atoms. The predicted molar refractivity (Wildman–Crippen MR) is 91.4 cm³/mol. The third kappa shape index (κ3) is 3.55. The van der Waals surface area contributed by atoms with Crippen LogP contribution in [0.25, 0.3) is 0 Å². The quantitative estimate of drug-likeness (QED) is 0.880. The van der Waals surface area contributed by atoms with Crippen molar-refractivity contribution in [2.45, 2.75) is 25.8 Å². The lowest BCUT2D eigenvalue weighted by Crippen LogP contribution is -2.14. The van der Waals surface area contributed by atoms with Gasteiger partial charge in [0, 0.05) is 42.4 Å². The van der Waals surface area contributed by atoms with Crippen LogP contribution < -0.4 is 10.6 Å². The van der Waals surface area contributed by atoms with Crippen molar-refractivity contribution >= 4 is 5.69 Å². The van der Waals surface area contributed by atoms with Crippen LogP contribution in [0, 0.1) is 0 Å². The molecule has 0 spiro atoms. The second kappa shape index (κ2) is 6.48. The molecule has 1 aliphatic rings. The third-order valence-electron chi connectivity index (χ3n) is 3.89. The van der Waals surface area contributed by atoms with Crippen molar-refractivity contribution in [2.24, 2.45) is 0 Å². The number of nitrogens with one attached hydrogen (secondary N) is 2. The Morgan fingerprint density at radius 2 is 1.95 bits per heavy atom. The fraction of sp³-hybridized carbons (Fsp3) is 0.211. The zero-order valence-electron chi connectivity index (χ0n) is 12.7. The highest BCUT2D eigenvalue weighted by Gasteiger charge is 2.11. The molecule has 0 unspecified atom stereocenters. The first kappa shape index (κ1) is 14.4. The van der Waals surface area contributed by atoms with Crippen molar-refractivity contribution in [3.05, 3.63) is 84.0 Å². The molecule has 3 heteroatoms. The van der Waals surface area contributed by atoms with Crippen LogP contribution in [0.1, 0.15) is 23.1 Å². The first-order valence-corrected chi connectivity index (χ1v) is 7.58. The molecule has 2 aromatic rings. The van der Waals surface area contributed by atoms with Crippen LogP contribution in [0.5, 0.6) is 0 Å². The summed E-state index contributed by atoms with van der Waals surface area (Å²) in [6, 6.07) is 10.6. The molecule has 0 radical (unpaired) electrons. The fourth-order valence-electron chi connectivity index (χ4n) is 2.64. The number of hydrogen-bond acceptors (Lipinski definition) is 3. The topological polar surface area (TPSA) is 37.0 Å². The van der Waals surface area contributed by atoms with Crippen LogP contribution in [0.2, 0.25) is 0 Å². The number of aryl methyl sites for hydroxylation is 1. The van der Waals surface area contributed by atoms with E-state index in [1.54, 1.807) is 0 Å². The highest BCUT2D eigenvalue weighted by molar-refractivity contribution is 5.59. The Balaban J connectivity index is 1.60. The van der Waals surface area contributed by atoms with Crippen LogP contribution in [0.4, 0.5) is 5.69 Å². The molecule has 112 valence electrons. The van der Waals surface area contributed by atoms with Gasteiger partial charge in [-0.15, -0.1) is 0 Å². The first-order chi connectivity index (χ1) is 10.7. The molecule has 1 aliphatic heterocycles. The molecule has 0 bridgehead atoms.